The molecule has 7 nitrogen and oxygen atoms in total. The van der Waals surface area contributed by atoms with Gasteiger partial charge in [-0.1, -0.05) is 0 Å². The molecule has 0 fully saturated rings. The zero-order valence-corrected chi connectivity index (χ0v) is 16.1. The van der Waals surface area contributed by atoms with E-state index < -0.39 is 34.2 Å². The number of methoxy groups -OCH3 is 1. The van der Waals surface area contributed by atoms with Gasteiger partial charge < -0.3 is 9.47 Å². The lowest BCUT2D eigenvalue weighted by atomic mass is 10.1. The van der Waals surface area contributed by atoms with E-state index in [1.165, 1.54) is 29.6 Å². The van der Waals surface area contributed by atoms with Gasteiger partial charge in [-0.05, 0) is 48.4 Å². The van der Waals surface area contributed by atoms with Crippen LogP contribution in [0.25, 0.3) is 0 Å². The second kappa shape index (κ2) is 7.59. The highest BCUT2D eigenvalue weighted by Crippen LogP contribution is 2.31. The van der Waals surface area contributed by atoms with Crippen molar-refractivity contribution in [3.8, 4) is 5.75 Å². The van der Waals surface area contributed by atoms with E-state index in [-0.39, 0.29) is 16.9 Å². The normalized spacial score (nSPS) is 13.2. The van der Waals surface area contributed by atoms with Gasteiger partial charge in [0.15, 0.2) is 6.61 Å². The third kappa shape index (κ3) is 3.99. The van der Waals surface area contributed by atoms with Crippen molar-refractivity contribution in [1.82, 2.24) is 0 Å². The van der Waals surface area contributed by atoms with Gasteiger partial charge in [-0.25, -0.2) is 17.6 Å². The van der Waals surface area contributed by atoms with E-state index in [1.807, 2.05) is 0 Å². The number of carbonyl (C=O) groups excluding carboxylic acids is 2. The topological polar surface area (TPSA) is 90.0 Å². The fourth-order valence-corrected chi connectivity index (χ4v) is 3.99. The molecule has 0 N–H and O–H groups in total. The number of carbonyl (C=O) groups is 2. The molecule has 0 radical (unpaired) electrons. The number of fused-ring (bicyclic) bond motifs is 1. The standard InChI is InChI=1S/C19H18FNO6S/c1-26-18-6-4-14(20)10-15(18)17(22)11-27-19(23)13-3-5-16-12(9-13)7-8-21(16)28(2,24)25/h3-6,9-10H,7-8,11H2,1-2H3. The lowest BCUT2D eigenvalue weighted by molar-refractivity contribution is 0.0474. The molecule has 2 aromatic rings. The number of hydrogen-bond donors (Lipinski definition) is 0. The third-order valence-electron chi connectivity index (χ3n) is 4.36. The van der Waals surface area contributed by atoms with E-state index in [1.54, 1.807) is 6.07 Å². The second-order valence-corrected chi connectivity index (χ2v) is 8.18. The number of nitrogens with zero attached hydrogens (tertiary/aromatic N) is 1. The summed E-state index contributed by atoms with van der Waals surface area (Å²) in [5.74, 6) is -1.76. The molecule has 1 aliphatic heterocycles. The number of halogens is 1. The van der Waals surface area contributed by atoms with Gasteiger partial charge in [0.1, 0.15) is 11.6 Å². The van der Waals surface area contributed by atoms with E-state index in [9.17, 15) is 22.4 Å². The number of sulfonamides is 1. The molecule has 2 aromatic carbocycles. The lowest BCUT2D eigenvalue weighted by Gasteiger charge is -2.16. The van der Waals surface area contributed by atoms with Crippen LogP contribution in [0.2, 0.25) is 0 Å². The largest absolute Gasteiger partial charge is 0.496 e. The zero-order valence-electron chi connectivity index (χ0n) is 15.3. The predicted molar refractivity (Wildman–Crippen MR) is 99.9 cm³/mol. The molecule has 1 heterocycles. The summed E-state index contributed by atoms with van der Waals surface area (Å²) in [6.45, 7) is -0.268. The van der Waals surface area contributed by atoms with Crippen LogP contribution in [0.15, 0.2) is 36.4 Å². The van der Waals surface area contributed by atoms with Crippen LogP contribution in [0, 0.1) is 5.82 Å². The van der Waals surface area contributed by atoms with Gasteiger partial charge in [0, 0.05) is 6.54 Å². The Bertz CT molecular complexity index is 1050. The molecule has 0 unspecified atom stereocenters. The van der Waals surface area contributed by atoms with Crippen molar-refractivity contribution in [3.05, 3.63) is 58.9 Å². The summed E-state index contributed by atoms with van der Waals surface area (Å²) < 4.78 is 48.2. The molecule has 0 saturated heterocycles. The zero-order chi connectivity index (χ0) is 20.5. The fraction of sp³-hybridized carbons (Fsp3) is 0.263. The molecular weight excluding hydrogens is 389 g/mol. The van der Waals surface area contributed by atoms with E-state index in [0.29, 0.717) is 24.2 Å². The lowest BCUT2D eigenvalue weighted by Crippen LogP contribution is -2.27. The molecule has 0 saturated carbocycles. The summed E-state index contributed by atoms with van der Waals surface area (Å²) in [6.07, 6.45) is 1.60. The van der Waals surface area contributed by atoms with Crippen molar-refractivity contribution in [2.75, 3.05) is 30.8 Å². The van der Waals surface area contributed by atoms with Gasteiger partial charge in [0.25, 0.3) is 0 Å². The number of rotatable bonds is 6. The SMILES string of the molecule is COc1ccc(F)cc1C(=O)COC(=O)c1ccc2c(c1)CCN2S(C)(=O)=O. The predicted octanol–water partition coefficient (Wildman–Crippen LogP) is 2.20. The average molecular weight is 407 g/mol. The van der Waals surface area contributed by atoms with Crippen LogP contribution in [-0.2, 0) is 21.2 Å². The first-order chi connectivity index (χ1) is 13.2. The van der Waals surface area contributed by atoms with Gasteiger partial charge in [-0.15, -0.1) is 0 Å². The molecule has 148 valence electrons. The maximum atomic E-state index is 13.4. The first kappa shape index (κ1) is 19.8. The Kier molecular flexibility index (Phi) is 5.37. The molecule has 28 heavy (non-hydrogen) atoms. The maximum Gasteiger partial charge on any atom is 0.338 e. The molecule has 0 bridgehead atoms. The van der Waals surface area contributed by atoms with Crippen LogP contribution in [-0.4, -0.2) is 46.7 Å². The number of hydrogen-bond acceptors (Lipinski definition) is 6. The van der Waals surface area contributed by atoms with E-state index in [0.717, 1.165) is 18.4 Å². The van der Waals surface area contributed by atoms with Crippen LogP contribution in [0.3, 0.4) is 0 Å². The number of ketones is 1. The van der Waals surface area contributed by atoms with Crippen LogP contribution < -0.4 is 9.04 Å². The quantitative estimate of drug-likeness (QED) is 0.539. The molecule has 0 aliphatic carbocycles. The molecule has 3 rings (SSSR count). The van der Waals surface area contributed by atoms with Gasteiger partial charge in [0.2, 0.25) is 15.8 Å². The van der Waals surface area contributed by atoms with Gasteiger partial charge >= 0.3 is 5.97 Å². The summed E-state index contributed by atoms with van der Waals surface area (Å²) in [7, 11) is -2.03. The summed E-state index contributed by atoms with van der Waals surface area (Å²) in [6, 6.07) is 8.03. The fourth-order valence-electron chi connectivity index (χ4n) is 3.03. The Labute approximate surface area is 161 Å². The Balaban J connectivity index is 1.71. The summed E-state index contributed by atoms with van der Waals surface area (Å²) >= 11 is 0. The van der Waals surface area contributed by atoms with Crippen molar-refractivity contribution >= 4 is 27.5 Å². The van der Waals surface area contributed by atoms with Crippen molar-refractivity contribution in [1.29, 1.82) is 0 Å². The first-order valence-electron chi connectivity index (χ1n) is 8.35. The Morgan fingerprint density at radius 1 is 1.18 bits per heavy atom. The molecule has 9 heteroatoms. The Morgan fingerprint density at radius 3 is 2.61 bits per heavy atom. The van der Waals surface area contributed by atoms with Crippen LogP contribution in [0.5, 0.6) is 5.75 Å². The highest BCUT2D eigenvalue weighted by atomic mass is 32.2. The monoisotopic (exact) mass is 407 g/mol. The molecule has 0 aromatic heterocycles. The summed E-state index contributed by atoms with van der Waals surface area (Å²) in [4.78, 5) is 24.5. The highest BCUT2D eigenvalue weighted by molar-refractivity contribution is 7.92. The van der Waals surface area contributed by atoms with Crippen LogP contribution in [0.4, 0.5) is 10.1 Å². The van der Waals surface area contributed by atoms with Crippen LogP contribution >= 0.6 is 0 Å². The van der Waals surface area contributed by atoms with Crippen molar-refractivity contribution in [2.45, 2.75) is 6.42 Å². The van der Waals surface area contributed by atoms with Crippen molar-refractivity contribution in [2.24, 2.45) is 0 Å². The van der Waals surface area contributed by atoms with Crippen molar-refractivity contribution < 1.29 is 31.9 Å². The molecule has 0 atom stereocenters. The number of esters is 1. The smallest absolute Gasteiger partial charge is 0.338 e. The third-order valence-corrected chi connectivity index (χ3v) is 5.54. The maximum absolute atomic E-state index is 13.4. The minimum atomic E-state index is -3.38. The number of ether oxygens (including phenoxy) is 2. The van der Waals surface area contributed by atoms with Crippen molar-refractivity contribution in [3.63, 3.8) is 0 Å². The Morgan fingerprint density at radius 2 is 1.93 bits per heavy atom. The van der Waals surface area contributed by atoms with Gasteiger partial charge in [-0.2, -0.15) is 0 Å². The number of anilines is 1. The minimum Gasteiger partial charge on any atom is -0.496 e. The molecule has 0 spiro atoms. The average Bonchev–Trinajstić information content (AvgIpc) is 3.09. The van der Waals surface area contributed by atoms with Crippen LogP contribution in [0.1, 0.15) is 26.3 Å². The first-order valence-corrected chi connectivity index (χ1v) is 10.2. The van der Waals surface area contributed by atoms with E-state index in [2.05, 4.69) is 0 Å². The summed E-state index contributed by atoms with van der Waals surface area (Å²) in [5.41, 5.74) is 1.42. The van der Waals surface area contributed by atoms with Gasteiger partial charge in [-0.3, -0.25) is 9.10 Å². The Hall–Kier alpha value is -2.94. The minimum absolute atomic E-state index is 0.0203. The number of Topliss-reactive ketones (excluding diaryl/α,β-unsaturated/α-hetero) is 1. The number of benzene rings is 2. The second-order valence-electron chi connectivity index (χ2n) is 6.27. The highest BCUT2D eigenvalue weighted by Gasteiger charge is 2.27. The molecule has 1 aliphatic rings. The van der Waals surface area contributed by atoms with E-state index >= 15 is 0 Å². The van der Waals surface area contributed by atoms with Gasteiger partial charge in [0.05, 0.1) is 30.2 Å². The van der Waals surface area contributed by atoms with E-state index in [4.69, 9.17) is 9.47 Å². The molecular formula is C19H18FNO6S. The summed E-state index contributed by atoms with van der Waals surface area (Å²) in [5, 5.41) is 0. The molecule has 0 amide bonds.